The lowest BCUT2D eigenvalue weighted by Crippen LogP contribution is -1.74. The van der Waals surface area contributed by atoms with Crippen LogP contribution in [0.1, 0.15) is 25.0 Å². The molecular formula is C17H17F. The molecule has 0 amide bonds. The minimum atomic E-state index is 0.709. The maximum Gasteiger partial charge on any atom is 0.110 e. The molecule has 0 heterocycles. The summed E-state index contributed by atoms with van der Waals surface area (Å²) < 4.78 is 11.7. The summed E-state index contributed by atoms with van der Waals surface area (Å²) in [6, 6.07) is 8.32. The second-order valence-electron chi connectivity index (χ2n) is 4.22. The summed E-state index contributed by atoms with van der Waals surface area (Å²) in [5.41, 5.74) is 4.22. The largest absolute Gasteiger partial charge is 0.144 e. The minimum absolute atomic E-state index is 0.709. The van der Waals surface area contributed by atoms with Gasteiger partial charge in [-0.05, 0) is 32.3 Å². The van der Waals surface area contributed by atoms with Crippen molar-refractivity contribution in [1.82, 2.24) is 0 Å². The van der Waals surface area contributed by atoms with E-state index in [1.165, 1.54) is 11.7 Å². The fourth-order valence-corrected chi connectivity index (χ4v) is 1.33. The minimum Gasteiger partial charge on any atom is -0.144 e. The molecule has 1 heteroatoms. The zero-order valence-corrected chi connectivity index (χ0v) is 11.0. The van der Waals surface area contributed by atoms with Crippen LogP contribution in [0.3, 0.4) is 0 Å². The average molecular weight is 240 g/mol. The van der Waals surface area contributed by atoms with E-state index in [4.69, 9.17) is 0 Å². The van der Waals surface area contributed by atoms with Gasteiger partial charge < -0.3 is 0 Å². The summed E-state index contributed by atoms with van der Waals surface area (Å²) in [5.74, 6) is 2.36. The third-order valence-corrected chi connectivity index (χ3v) is 2.46. The van der Waals surface area contributed by atoms with Crippen LogP contribution in [0.25, 0.3) is 6.08 Å². The van der Waals surface area contributed by atoms with E-state index in [0.29, 0.717) is 5.57 Å². The van der Waals surface area contributed by atoms with E-state index in [-0.39, 0.29) is 0 Å². The third-order valence-electron chi connectivity index (χ3n) is 2.46. The predicted molar refractivity (Wildman–Crippen MR) is 76.6 cm³/mol. The highest BCUT2D eigenvalue weighted by molar-refractivity contribution is 5.53. The van der Waals surface area contributed by atoms with Gasteiger partial charge in [-0.1, -0.05) is 59.7 Å². The van der Waals surface area contributed by atoms with Crippen molar-refractivity contribution in [3.8, 4) is 12.1 Å². The van der Waals surface area contributed by atoms with Crippen molar-refractivity contribution in [2.24, 2.45) is 0 Å². The average Bonchev–Trinajstić information content (AvgIpc) is 2.36. The first-order valence-electron chi connectivity index (χ1n) is 5.83. The van der Waals surface area contributed by atoms with Crippen molar-refractivity contribution in [2.45, 2.75) is 20.8 Å². The van der Waals surface area contributed by atoms with E-state index < -0.39 is 0 Å². The molecule has 0 spiro atoms. The number of aryl methyl sites for hydroxylation is 1. The van der Waals surface area contributed by atoms with Crippen molar-refractivity contribution in [1.29, 1.82) is 0 Å². The molecule has 0 saturated heterocycles. The fraction of sp³-hybridized carbons (Fsp3) is 0.176. The monoisotopic (exact) mass is 240 g/mol. The molecule has 0 aromatic heterocycles. The van der Waals surface area contributed by atoms with Crippen LogP contribution in [-0.4, -0.2) is 0 Å². The molecule has 0 aliphatic heterocycles. The Morgan fingerprint density at radius 1 is 1.11 bits per heavy atom. The van der Waals surface area contributed by atoms with Gasteiger partial charge in [-0.15, -0.1) is 4.39 Å². The van der Waals surface area contributed by atoms with Crippen molar-refractivity contribution >= 4 is 6.08 Å². The molecule has 0 fully saturated rings. The van der Waals surface area contributed by atoms with Crippen LogP contribution in [0.4, 0.5) is 4.39 Å². The van der Waals surface area contributed by atoms with E-state index in [0.717, 1.165) is 11.1 Å². The molecule has 1 aromatic carbocycles. The van der Waals surface area contributed by atoms with Crippen molar-refractivity contribution < 1.29 is 4.39 Å². The summed E-state index contributed by atoms with van der Waals surface area (Å²) in [5, 5.41) is 0. The van der Waals surface area contributed by atoms with Gasteiger partial charge in [0.2, 0.25) is 0 Å². The van der Waals surface area contributed by atoms with Crippen LogP contribution in [0, 0.1) is 19.0 Å². The Hall–Kier alpha value is -2.07. The van der Waals surface area contributed by atoms with Crippen LogP contribution >= 0.6 is 0 Å². The molecule has 92 valence electrons. The van der Waals surface area contributed by atoms with Gasteiger partial charge in [0.15, 0.2) is 0 Å². The summed E-state index contributed by atoms with van der Waals surface area (Å²) >= 11 is 0. The van der Waals surface area contributed by atoms with Crippen LogP contribution in [0.5, 0.6) is 0 Å². The first kappa shape index (κ1) is 14.0. The van der Waals surface area contributed by atoms with Gasteiger partial charge >= 0.3 is 0 Å². The molecule has 0 unspecified atom stereocenters. The number of allylic oxidation sites excluding steroid dienone is 5. The summed E-state index contributed by atoms with van der Waals surface area (Å²) in [4.78, 5) is 0. The van der Waals surface area contributed by atoms with Crippen LogP contribution in [0.15, 0.2) is 53.6 Å². The van der Waals surface area contributed by atoms with Crippen molar-refractivity contribution in [2.75, 3.05) is 0 Å². The van der Waals surface area contributed by atoms with Gasteiger partial charge in [-0.3, -0.25) is 0 Å². The molecular weight excluding hydrogens is 223 g/mol. The maximum atomic E-state index is 11.7. The van der Waals surface area contributed by atoms with Crippen molar-refractivity contribution in [3.63, 3.8) is 0 Å². The predicted octanol–water partition coefficient (Wildman–Crippen LogP) is 4.83. The van der Waals surface area contributed by atoms with E-state index in [1.54, 1.807) is 13.0 Å². The molecule has 0 radical (unpaired) electrons. The van der Waals surface area contributed by atoms with E-state index >= 15 is 0 Å². The lowest BCUT2D eigenvalue weighted by atomic mass is 10.1. The zero-order chi connectivity index (χ0) is 13.4. The smallest absolute Gasteiger partial charge is 0.110 e. The quantitative estimate of drug-likeness (QED) is 0.524. The van der Waals surface area contributed by atoms with Gasteiger partial charge in [0.1, 0.15) is 6.17 Å². The molecule has 0 nitrogen and oxygen atoms in total. The number of hydrogen-bond donors (Lipinski definition) is 0. The molecule has 18 heavy (non-hydrogen) atoms. The van der Waals surface area contributed by atoms with Crippen LogP contribution < -0.4 is 0 Å². The highest BCUT2D eigenvalue weighted by Crippen LogP contribution is 2.07. The Morgan fingerprint density at radius 3 is 2.39 bits per heavy atom. The van der Waals surface area contributed by atoms with E-state index in [1.807, 2.05) is 19.1 Å². The van der Waals surface area contributed by atoms with Gasteiger partial charge in [0, 0.05) is 5.57 Å². The maximum absolute atomic E-state index is 11.7. The standard InChI is InChI=1S/C17H17F/c1-14(4-5-16(3)12-13-18)6-9-17-10-7-15(2)8-11-17/h4-11H,1-3H3/b9-6+,14-4+,16-5+. The van der Waals surface area contributed by atoms with E-state index in [2.05, 4.69) is 43.2 Å². The molecule has 0 aliphatic rings. The molecule has 0 bridgehead atoms. The Kier molecular flexibility index (Phi) is 5.67. The fourth-order valence-electron chi connectivity index (χ4n) is 1.33. The molecule has 0 atom stereocenters. The molecule has 0 N–H and O–H groups in total. The molecule has 0 saturated carbocycles. The highest BCUT2D eigenvalue weighted by atomic mass is 19.1. The Balaban J connectivity index is 2.71. The van der Waals surface area contributed by atoms with E-state index in [9.17, 15) is 4.39 Å². The van der Waals surface area contributed by atoms with Crippen LogP contribution in [0.2, 0.25) is 0 Å². The highest BCUT2D eigenvalue weighted by Gasteiger charge is 1.87. The first-order valence-corrected chi connectivity index (χ1v) is 5.83. The van der Waals surface area contributed by atoms with Gasteiger partial charge in [0.05, 0.1) is 0 Å². The Bertz CT molecular complexity index is 531. The third kappa shape index (κ3) is 5.32. The summed E-state index contributed by atoms with van der Waals surface area (Å²) in [7, 11) is 0. The lowest BCUT2D eigenvalue weighted by molar-refractivity contribution is 0.773. The van der Waals surface area contributed by atoms with Crippen molar-refractivity contribution in [3.05, 3.63) is 64.8 Å². The number of rotatable bonds is 3. The SMILES string of the molecule is C\C(C#CF)=C/C=C(C)/C=C/c1ccc(C)cc1. The Labute approximate surface area is 109 Å². The summed E-state index contributed by atoms with van der Waals surface area (Å²) in [6.45, 7) is 5.84. The zero-order valence-electron chi connectivity index (χ0n) is 11.0. The lowest BCUT2D eigenvalue weighted by Gasteiger charge is -1.95. The Morgan fingerprint density at radius 2 is 1.78 bits per heavy atom. The first-order chi connectivity index (χ1) is 8.61. The molecule has 1 rings (SSSR count). The second kappa shape index (κ2) is 7.29. The number of hydrogen-bond acceptors (Lipinski definition) is 0. The van der Waals surface area contributed by atoms with Gasteiger partial charge in [-0.2, -0.15) is 0 Å². The topological polar surface area (TPSA) is 0 Å². The normalized spacial score (nSPS) is 12.4. The molecule has 1 aromatic rings. The number of benzene rings is 1. The molecule has 0 aliphatic carbocycles. The second-order valence-corrected chi connectivity index (χ2v) is 4.22. The summed E-state index contributed by atoms with van der Waals surface area (Å²) in [6.07, 6.45) is 9.19. The van der Waals surface area contributed by atoms with Gasteiger partial charge in [-0.25, -0.2) is 0 Å². The van der Waals surface area contributed by atoms with Gasteiger partial charge in [0.25, 0.3) is 0 Å². The number of halogens is 1. The van der Waals surface area contributed by atoms with Crippen LogP contribution in [-0.2, 0) is 0 Å².